The molecular formula is C33H25F2N3O2S. The van der Waals surface area contributed by atoms with Crippen LogP contribution >= 0.6 is 11.3 Å². The summed E-state index contributed by atoms with van der Waals surface area (Å²) < 4.78 is 30.5. The first-order valence-corrected chi connectivity index (χ1v) is 14.0. The van der Waals surface area contributed by atoms with Gasteiger partial charge < -0.3 is 5.32 Å². The van der Waals surface area contributed by atoms with E-state index in [-0.39, 0.29) is 30.1 Å². The summed E-state index contributed by atoms with van der Waals surface area (Å²) in [7, 11) is 0. The number of amides is 1. The number of hydrogen-bond donors (Lipinski definition) is 1. The Labute approximate surface area is 239 Å². The Balaban J connectivity index is 1.17. The zero-order chi connectivity index (χ0) is 28.3. The van der Waals surface area contributed by atoms with E-state index in [1.165, 1.54) is 4.70 Å². The highest BCUT2D eigenvalue weighted by atomic mass is 32.1. The summed E-state index contributed by atoms with van der Waals surface area (Å²) in [5.74, 6) is -2.70. The monoisotopic (exact) mass is 565 g/mol. The molecule has 41 heavy (non-hydrogen) atoms. The van der Waals surface area contributed by atoms with Crippen LogP contribution in [0, 0.1) is 17.6 Å². The van der Waals surface area contributed by atoms with Crippen molar-refractivity contribution in [2.45, 2.75) is 19.3 Å². The number of aromatic nitrogens is 2. The lowest BCUT2D eigenvalue weighted by molar-refractivity contribution is -0.125. The van der Waals surface area contributed by atoms with Crippen LogP contribution in [0.4, 0.5) is 14.5 Å². The molecule has 4 aromatic carbocycles. The first-order valence-electron chi connectivity index (χ1n) is 13.2. The zero-order valence-corrected chi connectivity index (χ0v) is 22.7. The number of ketones is 1. The van der Waals surface area contributed by atoms with Gasteiger partial charge in [0.2, 0.25) is 5.91 Å². The van der Waals surface area contributed by atoms with Gasteiger partial charge >= 0.3 is 0 Å². The number of nitrogens with zero attached hydrogens (tertiary/aromatic N) is 2. The SMILES string of the molecule is O=C(Cc1cc(F)cc(F)c1)C[C@@H](Cc1ccccc1)C(=O)Nc1ccc(-c2cn3c(n2)sc2ccccc23)cc1. The normalized spacial score (nSPS) is 12.0. The summed E-state index contributed by atoms with van der Waals surface area (Å²) in [6.45, 7) is 0. The van der Waals surface area contributed by atoms with Crippen LogP contribution in [0.25, 0.3) is 26.4 Å². The fraction of sp³-hybridized carbons (Fsp3) is 0.121. The predicted octanol–water partition coefficient (Wildman–Crippen LogP) is 7.49. The number of benzene rings is 4. The Morgan fingerprint density at radius 1 is 0.854 bits per heavy atom. The van der Waals surface area contributed by atoms with Crippen LogP contribution in [0.2, 0.25) is 0 Å². The summed E-state index contributed by atoms with van der Waals surface area (Å²) in [6.07, 6.45) is 2.15. The minimum atomic E-state index is -0.737. The van der Waals surface area contributed by atoms with E-state index in [1.54, 1.807) is 11.3 Å². The number of Topliss-reactive ketones (excluding diaryl/α,β-unsaturated/α-hetero) is 1. The molecule has 0 aliphatic heterocycles. The Morgan fingerprint density at radius 3 is 2.32 bits per heavy atom. The summed E-state index contributed by atoms with van der Waals surface area (Å²) >= 11 is 1.63. The second kappa shape index (κ2) is 11.4. The number of rotatable bonds is 9. The van der Waals surface area contributed by atoms with Crippen LogP contribution < -0.4 is 5.32 Å². The summed E-state index contributed by atoms with van der Waals surface area (Å²) in [5.41, 5.74) is 4.62. The number of fused-ring (bicyclic) bond motifs is 3. The van der Waals surface area contributed by atoms with Gasteiger partial charge in [0.1, 0.15) is 17.4 Å². The minimum Gasteiger partial charge on any atom is -0.326 e. The zero-order valence-electron chi connectivity index (χ0n) is 21.9. The van der Waals surface area contributed by atoms with Gasteiger partial charge in [0.25, 0.3) is 0 Å². The average molecular weight is 566 g/mol. The molecule has 0 fully saturated rings. The molecule has 0 radical (unpaired) electrons. The number of halogens is 2. The molecule has 6 rings (SSSR count). The van der Waals surface area contributed by atoms with Gasteiger partial charge in [-0.15, -0.1) is 0 Å². The molecule has 1 N–H and O–H groups in total. The topological polar surface area (TPSA) is 63.5 Å². The smallest absolute Gasteiger partial charge is 0.228 e. The van der Waals surface area contributed by atoms with E-state index in [2.05, 4.69) is 21.9 Å². The molecule has 0 saturated carbocycles. The summed E-state index contributed by atoms with van der Waals surface area (Å²) in [5, 5.41) is 2.94. The number of hydrogen-bond acceptors (Lipinski definition) is 4. The molecule has 0 saturated heterocycles. The fourth-order valence-corrected chi connectivity index (χ4v) is 6.01. The molecule has 1 amide bonds. The van der Waals surface area contributed by atoms with Crippen molar-refractivity contribution in [3.63, 3.8) is 0 Å². The lowest BCUT2D eigenvalue weighted by atomic mass is 9.91. The van der Waals surface area contributed by atoms with Crippen LogP contribution in [0.15, 0.2) is 103 Å². The molecule has 2 heterocycles. The van der Waals surface area contributed by atoms with Gasteiger partial charge in [-0.25, -0.2) is 13.8 Å². The van der Waals surface area contributed by atoms with Crippen LogP contribution in [0.5, 0.6) is 0 Å². The van der Waals surface area contributed by atoms with Crippen LogP contribution in [0.1, 0.15) is 17.5 Å². The molecule has 0 aliphatic rings. The Bertz CT molecular complexity index is 1840. The quantitative estimate of drug-likeness (QED) is 0.198. The van der Waals surface area contributed by atoms with Gasteiger partial charge in [-0.1, -0.05) is 65.9 Å². The molecule has 8 heteroatoms. The minimum absolute atomic E-state index is 0.0592. The highest BCUT2D eigenvalue weighted by Crippen LogP contribution is 2.30. The molecule has 1 atom stereocenters. The largest absolute Gasteiger partial charge is 0.326 e. The third kappa shape index (κ3) is 6.07. The van der Waals surface area contributed by atoms with E-state index >= 15 is 0 Å². The lowest BCUT2D eigenvalue weighted by Crippen LogP contribution is -2.27. The van der Waals surface area contributed by atoms with E-state index in [1.807, 2.05) is 72.9 Å². The van der Waals surface area contributed by atoms with Crippen molar-refractivity contribution in [3.8, 4) is 11.3 Å². The van der Waals surface area contributed by atoms with Gasteiger partial charge in [0.05, 0.1) is 15.9 Å². The highest BCUT2D eigenvalue weighted by Gasteiger charge is 2.23. The van der Waals surface area contributed by atoms with E-state index in [4.69, 9.17) is 4.98 Å². The predicted molar refractivity (Wildman–Crippen MR) is 158 cm³/mol. The highest BCUT2D eigenvalue weighted by molar-refractivity contribution is 7.23. The maximum absolute atomic E-state index is 13.6. The number of carbonyl (C=O) groups excluding carboxylic acids is 2. The van der Waals surface area contributed by atoms with Crippen molar-refractivity contribution >= 4 is 43.9 Å². The first kappa shape index (κ1) is 26.5. The average Bonchev–Trinajstić information content (AvgIpc) is 3.51. The van der Waals surface area contributed by atoms with Crippen LogP contribution in [-0.4, -0.2) is 21.1 Å². The number of thiazole rings is 1. The van der Waals surface area contributed by atoms with E-state index in [0.29, 0.717) is 12.1 Å². The second-order valence-electron chi connectivity index (χ2n) is 10.00. The standard InChI is InChI=1S/C33H25F2N3O2S/c34-25-15-22(16-26(35)19-25)17-28(39)18-24(14-21-6-2-1-3-7-21)32(40)36-27-12-10-23(11-13-27)29-20-38-30-8-4-5-9-31(30)41-33(38)37-29/h1-13,15-16,19-20,24H,14,17-18H2,(H,36,40)/t24-/m1/s1. The number of imidazole rings is 1. The molecule has 0 spiro atoms. The maximum Gasteiger partial charge on any atom is 0.228 e. The van der Waals surface area contributed by atoms with Crippen molar-refractivity contribution in [2.24, 2.45) is 5.92 Å². The second-order valence-corrected chi connectivity index (χ2v) is 11.0. The van der Waals surface area contributed by atoms with E-state index in [0.717, 1.165) is 45.5 Å². The third-order valence-corrected chi connectivity index (χ3v) is 7.98. The van der Waals surface area contributed by atoms with Crippen molar-refractivity contribution in [2.75, 3.05) is 5.32 Å². The Kier molecular flexibility index (Phi) is 7.39. The van der Waals surface area contributed by atoms with Crippen molar-refractivity contribution in [1.29, 1.82) is 0 Å². The maximum atomic E-state index is 13.6. The van der Waals surface area contributed by atoms with E-state index < -0.39 is 17.6 Å². The van der Waals surface area contributed by atoms with Gasteiger partial charge in [0, 0.05) is 42.3 Å². The molecule has 6 aromatic rings. The number of carbonyl (C=O) groups is 2. The van der Waals surface area contributed by atoms with Crippen molar-refractivity contribution in [3.05, 3.63) is 126 Å². The van der Waals surface area contributed by atoms with Gasteiger partial charge in [-0.3, -0.25) is 14.0 Å². The molecule has 5 nitrogen and oxygen atoms in total. The molecule has 0 bridgehead atoms. The lowest BCUT2D eigenvalue weighted by Gasteiger charge is -2.17. The molecular weight excluding hydrogens is 540 g/mol. The summed E-state index contributed by atoms with van der Waals surface area (Å²) in [6, 6.07) is 28.1. The Morgan fingerprint density at radius 2 is 1.56 bits per heavy atom. The third-order valence-electron chi connectivity index (χ3n) is 6.94. The van der Waals surface area contributed by atoms with Crippen molar-refractivity contribution < 1.29 is 18.4 Å². The summed E-state index contributed by atoms with van der Waals surface area (Å²) in [4.78, 5) is 32.0. The molecule has 0 aliphatic carbocycles. The van der Waals surface area contributed by atoms with Gasteiger partial charge in [-0.2, -0.15) is 0 Å². The van der Waals surface area contributed by atoms with Crippen molar-refractivity contribution in [1.82, 2.24) is 9.38 Å². The molecule has 0 unspecified atom stereocenters. The number of para-hydroxylation sites is 1. The first-order chi connectivity index (χ1) is 19.9. The number of anilines is 1. The van der Waals surface area contributed by atoms with E-state index in [9.17, 15) is 18.4 Å². The molecule has 204 valence electrons. The van der Waals surface area contributed by atoms with Crippen LogP contribution in [0.3, 0.4) is 0 Å². The molecule has 2 aromatic heterocycles. The Hall–Kier alpha value is -4.69. The van der Waals surface area contributed by atoms with Gasteiger partial charge in [-0.05, 0) is 53.9 Å². The number of nitrogens with one attached hydrogen (secondary N) is 1. The van der Waals surface area contributed by atoms with Gasteiger partial charge in [0.15, 0.2) is 4.96 Å². The van der Waals surface area contributed by atoms with Crippen LogP contribution in [-0.2, 0) is 22.4 Å². The fourth-order valence-electron chi connectivity index (χ4n) is 5.00.